The Morgan fingerprint density at radius 3 is 2.40 bits per heavy atom. The summed E-state index contributed by atoms with van der Waals surface area (Å²) in [5.41, 5.74) is 8.03. The highest BCUT2D eigenvalue weighted by Crippen LogP contribution is 2.27. The van der Waals surface area contributed by atoms with E-state index in [0.717, 1.165) is 37.7 Å². The lowest BCUT2D eigenvalue weighted by atomic mass is 9.81. The second-order valence-corrected chi connectivity index (χ2v) is 6.06. The van der Waals surface area contributed by atoms with Gasteiger partial charge in [0.2, 0.25) is 5.91 Å². The molecule has 1 fully saturated rings. The zero-order valence-corrected chi connectivity index (χ0v) is 12.6. The Morgan fingerprint density at radius 1 is 1.25 bits per heavy atom. The Labute approximate surface area is 121 Å². The van der Waals surface area contributed by atoms with Crippen LogP contribution in [0, 0.1) is 6.92 Å². The predicted octanol–water partition coefficient (Wildman–Crippen LogP) is 3.22. The predicted molar refractivity (Wildman–Crippen MR) is 82.4 cm³/mol. The number of rotatable bonds is 4. The Kier molecular flexibility index (Phi) is 4.81. The lowest BCUT2D eigenvalue weighted by Crippen LogP contribution is -2.55. The van der Waals surface area contributed by atoms with Crippen LogP contribution < -0.4 is 11.1 Å². The topological polar surface area (TPSA) is 55.1 Å². The Balaban J connectivity index is 2.05. The van der Waals surface area contributed by atoms with Crippen LogP contribution in [0.3, 0.4) is 0 Å². The summed E-state index contributed by atoms with van der Waals surface area (Å²) in [5, 5.41) is 3.15. The highest BCUT2D eigenvalue weighted by Gasteiger charge is 2.36. The number of benzene rings is 1. The quantitative estimate of drug-likeness (QED) is 0.885. The van der Waals surface area contributed by atoms with Gasteiger partial charge >= 0.3 is 0 Å². The molecule has 1 aromatic rings. The fourth-order valence-electron chi connectivity index (χ4n) is 2.93. The normalized spacial score (nSPS) is 19.4. The molecule has 1 atom stereocenters. The van der Waals surface area contributed by atoms with Crippen LogP contribution in [0.5, 0.6) is 0 Å². The molecule has 110 valence electrons. The number of nitrogens with two attached hydrogens (primary N) is 1. The number of hydrogen-bond acceptors (Lipinski definition) is 2. The maximum Gasteiger partial charge on any atom is 0.240 e. The zero-order chi connectivity index (χ0) is 14.6. The molecule has 3 heteroatoms. The first-order valence-corrected chi connectivity index (χ1v) is 7.71. The second-order valence-electron chi connectivity index (χ2n) is 6.06. The molecule has 0 spiro atoms. The van der Waals surface area contributed by atoms with Crippen molar-refractivity contribution in [1.82, 2.24) is 5.32 Å². The summed E-state index contributed by atoms with van der Waals surface area (Å²) < 4.78 is 0. The van der Waals surface area contributed by atoms with E-state index < -0.39 is 5.54 Å². The molecule has 0 saturated heterocycles. The van der Waals surface area contributed by atoms with E-state index >= 15 is 0 Å². The highest BCUT2D eigenvalue weighted by molar-refractivity contribution is 5.86. The number of nitrogens with one attached hydrogen (secondary N) is 1. The van der Waals surface area contributed by atoms with E-state index in [4.69, 9.17) is 5.73 Å². The number of amides is 1. The van der Waals surface area contributed by atoms with Crippen molar-refractivity contribution in [3.8, 4) is 0 Å². The van der Waals surface area contributed by atoms with E-state index in [-0.39, 0.29) is 11.9 Å². The molecule has 1 aromatic carbocycles. The fourth-order valence-corrected chi connectivity index (χ4v) is 2.93. The van der Waals surface area contributed by atoms with E-state index in [1.54, 1.807) is 0 Å². The third-order valence-corrected chi connectivity index (χ3v) is 4.39. The van der Waals surface area contributed by atoms with Gasteiger partial charge in [-0.2, -0.15) is 0 Å². The Hall–Kier alpha value is -1.35. The number of carbonyl (C=O) groups excluding carboxylic acids is 1. The summed E-state index contributed by atoms with van der Waals surface area (Å²) in [5.74, 6) is 0.0182. The molecular formula is C17H26N2O. The molecule has 0 bridgehead atoms. The van der Waals surface area contributed by atoms with Crippen LogP contribution in [-0.4, -0.2) is 11.4 Å². The van der Waals surface area contributed by atoms with Gasteiger partial charge in [-0.3, -0.25) is 4.79 Å². The van der Waals surface area contributed by atoms with Crippen molar-refractivity contribution in [2.45, 2.75) is 64.0 Å². The molecule has 1 unspecified atom stereocenters. The van der Waals surface area contributed by atoms with Gasteiger partial charge < -0.3 is 11.1 Å². The van der Waals surface area contributed by atoms with E-state index in [9.17, 15) is 4.79 Å². The third-order valence-electron chi connectivity index (χ3n) is 4.39. The minimum absolute atomic E-state index is 0.0182. The van der Waals surface area contributed by atoms with E-state index in [0.29, 0.717) is 0 Å². The lowest BCUT2D eigenvalue weighted by molar-refractivity contribution is -0.128. The van der Waals surface area contributed by atoms with E-state index in [2.05, 4.69) is 43.4 Å². The summed E-state index contributed by atoms with van der Waals surface area (Å²) in [6.07, 6.45) is 5.81. The first-order valence-electron chi connectivity index (χ1n) is 7.71. The van der Waals surface area contributed by atoms with Gasteiger partial charge in [-0.05, 0) is 31.7 Å². The molecule has 1 aliphatic rings. The van der Waals surface area contributed by atoms with Crippen molar-refractivity contribution in [1.29, 1.82) is 0 Å². The van der Waals surface area contributed by atoms with Gasteiger partial charge in [0.1, 0.15) is 0 Å². The fraction of sp³-hybridized carbons (Fsp3) is 0.588. The number of aryl methyl sites for hydroxylation is 1. The molecular weight excluding hydrogens is 248 g/mol. The smallest absolute Gasteiger partial charge is 0.240 e. The lowest BCUT2D eigenvalue weighted by Gasteiger charge is -2.33. The maximum atomic E-state index is 12.5. The Morgan fingerprint density at radius 2 is 1.85 bits per heavy atom. The monoisotopic (exact) mass is 274 g/mol. The summed E-state index contributed by atoms with van der Waals surface area (Å²) in [4.78, 5) is 12.5. The molecule has 0 aliphatic heterocycles. The first-order chi connectivity index (χ1) is 9.55. The van der Waals surface area contributed by atoms with Gasteiger partial charge in [-0.1, -0.05) is 56.0 Å². The van der Waals surface area contributed by atoms with Gasteiger partial charge in [-0.25, -0.2) is 0 Å². The standard InChI is InChI=1S/C17H26N2O/c1-3-15(14-9-7-13(2)8-10-14)19-16(20)17(18)11-5-4-6-12-17/h7-10,15H,3-6,11-12,18H2,1-2H3,(H,19,20). The zero-order valence-electron chi connectivity index (χ0n) is 12.6. The molecule has 0 radical (unpaired) electrons. The van der Waals surface area contributed by atoms with Crippen LogP contribution in [0.25, 0.3) is 0 Å². The van der Waals surface area contributed by atoms with Crippen molar-refractivity contribution in [2.24, 2.45) is 5.73 Å². The molecule has 20 heavy (non-hydrogen) atoms. The summed E-state index contributed by atoms with van der Waals surface area (Å²) in [6.45, 7) is 4.16. The molecule has 3 nitrogen and oxygen atoms in total. The molecule has 1 saturated carbocycles. The summed E-state index contributed by atoms with van der Waals surface area (Å²) in [7, 11) is 0. The van der Waals surface area contributed by atoms with Gasteiger partial charge in [0.15, 0.2) is 0 Å². The SMILES string of the molecule is CCC(NC(=O)C1(N)CCCCC1)c1ccc(C)cc1. The van der Waals surface area contributed by atoms with E-state index in [1.165, 1.54) is 12.0 Å². The van der Waals surface area contributed by atoms with Crippen LogP contribution in [0.4, 0.5) is 0 Å². The highest BCUT2D eigenvalue weighted by atomic mass is 16.2. The van der Waals surface area contributed by atoms with Gasteiger partial charge in [-0.15, -0.1) is 0 Å². The molecule has 2 rings (SSSR count). The van der Waals surface area contributed by atoms with Crippen molar-refractivity contribution in [3.63, 3.8) is 0 Å². The van der Waals surface area contributed by atoms with Gasteiger partial charge in [0, 0.05) is 0 Å². The van der Waals surface area contributed by atoms with Crippen molar-refractivity contribution >= 4 is 5.91 Å². The Bertz CT molecular complexity index is 447. The summed E-state index contributed by atoms with van der Waals surface area (Å²) in [6, 6.07) is 8.42. The molecule has 1 aliphatic carbocycles. The average molecular weight is 274 g/mol. The second kappa shape index (κ2) is 6.40. The molecule has 1 amide bonds. The average Bonchev–Trinajstić information content (AvgIpc) is 2.46. The van der Waals surface area contributed by atoms with Crippen LogP contribution in [-0.2, 0) is 4.79 Å². The maximum absolute atomic E-state index is 12.5. The third kappa shape index (κ3) is 3.40. The minimum atomic E-state index is -0.656. The molecule has 0 aromatic heterocycles. The van der Waals surface area contributed by atoms with Crippen LogP contribution in [0.1, 0.15) is 62.6 Å². The van der Waals surface area contributed by atoms with Gasteiger partial charge in [0.25, 0.3) is 0 Å². The van der Waals surface area contributed by atoms with E-state index in [1.807, 2.05) is 0 Å². The van der Waals surface area contributed by atoms with Gasteiger partial charge in [0.05, 0.1) is 11.6 Å². The van der Waals surface area contributed by atoms with Crippen molar-refractivity contribution < 1.29 is 4.79 Å². The van der Waals surface area contributed by atoms with Crippen molar-refractivity contribution in [2.75, 3.05) is 0 Å². The van der Waals surface area contributed by atoms with Crippen molar-refractivity contribution in [3.05, 3.63) is 35.4 Å². The van der Waals surface area contributed by atoms with Crippen LogP contribution >= 0.6 is 0 Å². The number of carbonyl (C=O) groups is 1. The first kappa shape index (κ1) is 15.0. The molecule has 0 heterocycles. The largest absolute Gasteiger partial charge is 0.348 e. The van der Waals surface area contributed by atoms with Crippen LogP contribution in [0.15, 0.2) is 24.3 Å². The minimum Gasteiger partial charge on any atom is -0.348 e. The molecule has 3 N–H and O–H groups in total. The number of hydrogen-bond donors (Lipinski definition) is 2. The van der Waals surface area contributed by atoms with Crippen LogP contribution in [0.2, 0.25) is 0 Å². The summed E-state index contributed by atoms with van der Waals surface area (Å²) >= 11 is 0.